The van der Waals surface area contributed by atoms with Crippen LogP contribution in [0.1, 0.15) is 25.1 Å². The fourth-order valence-corrected chi connectivity index (χ4v) is 1.53. The van der Waals surface area contributed by atoms with E-state index in [4.69, 9.17) is 0 Å². The van der Waals surface area contributed by atoms with Crippen LogP contribution in [0.3, 0.4) is 0 Å². The van der Waals surface area contributed by atoms with Gasteiger partial charge in [-0.25, -0.2) is 9.50 Å². The Balaban J connectivity index is 2.67. The van der Waals surface area contributed by atoms with Gasteiger partial charge in [0.1, 0.15) is 0 Å². The number of fused-ring (bicyclic) bond motifs is 1. The van der Waals surface area contributed by atoms with Crippen LogP contribution in [0.25, 0.3) is 5.65 Å². The third kappa shape index (κ3) is 1.30. The Morgan fingerprint density at radius 2 is 2.15 bits per heavy atom. The lowest BCUT2D eigenvalue weighted by molar-refractivity contribution is 0.872. The van der Waals surface area contributed by atoms with Gasteiger partial charge in [0, 0.05) is 18.0 Å². The summed E-state index contributed by atoms with van der Waals surface area (Å²) in [5, 5.41) is 4.16. The monoisotopic (exact) mass is 175 g/mol. The van der Waals surface area contributed by atoms with E-state index >= 15 is 0 Å². The Morgan fingerprint density at radius 1 is 1.31 bits per heavy atom. The maximum absolute atomic E-state index is 4.52. The SMILES string of the molecule is CCc1cn2nccc2nc1CC. The summed E-state index contributed by atoms with van der Waals surface area (Å²) < 4.78 is 1.83. The first-order chi connectivity index (χ1) is 6.35. The summed E-state index contributed by atoms with van der Waals surface area (Å²) in [5.74, 6) is 0. The lowest BCUT2D eigenvalue weighted by Gasteiger charge is -2.04. The number of aryl methyl sites for hydroxylation is 2. The highest BCUT2D eigenvalue weighted by Crippen LogP contribution is 2.09. The fourth-order valence-electron chi connectivity index (χ4n) is 1.53. The molecule has 68 valence electrons. The summed E-state index contributed by atoms with van der Waals surface area (Å²) >= 11 is 0. The van der Waals surface area contributed by atoms with E-state index < -0.39 is 0 Å². The summed E-state index contributed by atoms with van der Waals surface area (Å²) in [5.41, 5.74) is 3.42. The molecule has 0 saturated heterocycles. The van der Waals surface area contributed by atoms with Crippen molar-refractivity contribution in [3.05, 3.63) is 29.7 Å². The Bertz CT molecular complexity index is 379. The van der Waals surface area contributed by atoms with Crippen LogP contribution in [-0.2, 0) is 12.8 Å². The van der Waals surface area contributed by atoms with Crippen LogP contribution < -0.4 is 0 Å². The van der Waals surface area contributed by atoms with Gasteiger partial charge in [-0.05, 0) is 18.4 Å². The van der Waals surface area contributed by atoms with E-state index in [0.29, 0.717) is 0 Å². The van der Waals surface area contributed by atoms with E-state index in [1.54, 1.807) is 6.20 Å². The van der Waals surface area contributed by atoms with Crippen molar-refractivity contribution in [3.8, 4) is 0 Å². The van der Waals surface area contributed by atoms with Gasteiger partial charge in [-0.2, -0.15) is 5.10 Å². The third-order valence-corrected chi connectivity index (χ3v) is 2.26. The number of hydrogen-bond donors (Lipinski definition) is 0. The second kappa shape index (κ2) is 3.17. The van der Waals surface area contributed by atoms with E-state index in [2.05, 4.69) is 30.1 Å². The van der Waals surface area contributed by atoms with Crippen molar-refractivity contribution in [2.24, 2.45) is 0 Å². The van der Waals surface area contributed by atoms with E-state index in [1.165, 1.54) is 11.3 Å². The summed E-state index contributed by atoms with van der Waals surface area (Å²) in [6, 6.07) is 1.93. The van der Waals surface area contributed by atoms with Crippen LogP contribution in [-0.4, -0.2) is 14.6 Å². The van der Waals surface area contributed by atoms with E-state index in [1.807, 2.05) is 10.6 Å². The molecule has 13 heavy (non-hydrogen) atoms. The number of aromatic nitrogens is 3. The molecular formula is C10H13N3. The molecule has 0 aliphatic heterocycles. The molecule has 0 fully saturated rings. The predicted molar refractivity (Wildman–Crippen MR) is 51.7 cm³/mol. The molecule has 0 aromatic carbocycles. The molecule has 0 radical (unpaired) electrons. The Kier molecular flexibility index (Phi) is 2.00. The Morgan fingerprint density at radius 3 is 2.85 bits per heavy atom. The Labute approximate surface area is 77.4 Å². The molecule has 3 heteroatoms. The van der Waals surface area contributed by atoms with Gasteiger partial charge >= 0.3 is 0 Å². The molecule has 0 spiro atoms. The molecular weight excluding hydrogens is 162 g/mol. The number of nitrogens with zero attached hydrogens (tertiary/aromatic N) is 3. The Hall–Kier alpha value is -1.38. The fraction of sp³-hybridized carbons (Fsp3) is 0.400. The van der Waals surface area contributed by atoms with Gasteiger partial charge in [0.15, 0.2) is 5.65 Å². The highest BCUT2D eigenvalue weighted by atomic mass is 15.2. The maximum Gasteiger partial charge on any atom is 0.155 e. The van der Waals surface area contributed by atoms with E-state index in [9.17, 15) is 0 Å². The van der Waals surface area contributed by atoms with E-state index in [-0.39, 0.29) is 0 Å². The highest BCUT2D eigenvalue weighted by molar-refractivity contribution is 5.38. The molecule has 2 aromatic heterocycles. The van der Waals surface area contributed by atoms with Crippen molar-refractivity contribution in [2.45, 2.75) is 26.7 Å². The largest absolute Gasteiger partial charge is 0.233 e. The van der Waals surface area contributed by atoms with Crippen LogP contribution in [0.2, 0.25) is 0 Å². The van der Waals surface area contributed by atoms with Gasteiger partial charge in [-0.15, -0.1) is 0 Å². The van der Waals surface area contributed by atoms with Gasteiger partial charge in [-0.3, -0.25) is 0 Å². The molecule has 0 amide bonds. The van der Waals surface area contributed by atoms with Crippen LogP contribution in [0.15, 0.2) is 18.5 Å². The average molecular weight is 175 g/mol. The molecule has 0 atom stereocenters. The van der Waals surface area contributed by atoms with Gasteiger partial charge < -0.3 is 0 Å². The van der Waals surface area contributed by atoms with E-state index in [0.717, 1.165) is 18.5 Å². The van der Waals surface area contributed by atoms with Crippen LogP contribution in [0, 0.1) is 0 Å². The summed E-state index contributed by atoms with van der Waals surface area (Å²) in [6.45, 7) is 4.28. The molecule has 0 unspecified atom stereocenters. The van der Waals surface area contributed by atoms with Crippen LogP contribution in [0.5, 0.6) is 0 Å². The molecule has 0 aliphatic rings. The molecule has 2 aromatic rings. The van der Waals surface area contributed by atoms with Gasteiger partial charge in [-0.1, -0.05) is 13.8 Å². The summed E-state index contributed by atoms with van der Waals surface area (Å²) in [6.07, 6.45) is 5.86. The normalized spacial score (nSPS) is 10.9. The summed E-state index contributed by atoms with van der Waals surface area (Å²) in [7, 11) is 0. The zero-order valence-corrected chi connectivity index (χ0v) is 7.99. The molecule has 0 saturated carbocycles. The molecule has 2 heterocycles. The van der Waals surface area contributed by atoms with Crippen molar-refractivity contribution in [3.63, 3.8) is 0 Å². The van der Waals surface area contributed by atoms with Crippen LogP contribution >= 0.6 is 0 Å². The topological polar surface area (TPSA) is 30.2 Å². The first kappa shape index (κ1) is 8.23. The van der Waals surface area contributed by atoms with Crippen molar-refractivity contribution >= 4 is 5.65 Å². The lowest BCUT2D eigenvalue weighted by Crippen LogP contribution is -2.00. The minimum atomic E-state index is 0.939. The number of rotatable bonds is 2. The zero-order chi connectivity index (χ0) is 9.26. The first-order valence-corrected chi connectivity index (χ1v) is 4.67. The van der Waals surface area contributed by atoms with Crippen molar-refractivity contribution in [1.29, 1.82) is 0 Å². The molecule has 2 rings (SSSR count). The molecule has 0 aliphatic carbocycles. The zero-order valence-electron chi connectivity index (χ0n) is 7.99. The second-order valence-corrected chi connectivity index (χ2v) is 3.05. The third-order valence-electron chi connectivity index (χ3n) is 2.26. The predicted octanol–water partition coefficient (Wildman–Crippen LogP) is 1.85. The minimum Gasteiger partial charge on any atom is -0.233 e. The molecule has 0 N–H and O–H groups in total. The van der Waals surface area contributed by atoms with Crippen LogP contribution in [0.4, 0.5) is 0 Å². The van der Waals surface area contributed by atoms with Gasteiger partial charge in [0.05, 0.1) is 6.20 Å². The van der Waals surface area contributed by atoms with Gasteiger partial charge in [0.25, 0.3) is 0 Å². The van der Waals surface area contributed by atoms with Crippen molar-refractivity contribution < 1.29 is 0 Å². The number of hydrogen-bond acceptors (Lipinski definition) is 2. The second-order valence-electron chi connectivity index (χ2n) is 3.05. The van der Waals surface area contributed by atoms with Crippen molar-refractivity contribution in [2.75, 3.05) is 0 Å². The first-order valence-electron chi connectivity index (χ1n) is 4.67. The average Bonchev–Trinajstić information content (AvgIpc) is 2.62. The lowest BCUT2D eigenvalue weighted by atomic mass is 10.1. The van der Waals surface area contributed by atoms with Gasteiger partial charge in [0.2, 0.25) is 0 Å². The summed E-state index contributed by atoms with van der Waals surface area (Å²) in [4.78, 5) is 4.52. The quantitative estimate of drug-likeness (QED) is 0.697. The highest BCUT2D eigenvalue weighted by Gasteiger charge is 2.03. The standard InChI is InChI=1S/C10H13N3/c1-3-8-7-13-10(5-6-11-13)12-9(8)4-2/h5-7H,3-4H2,1-2H3. The molecule has 3 nitrogen and oxygen atoms in total. The van der Waals surface area contributed by atoms with Crippen molar-refractivity contribution in [1.82, 2.24) is 14.6 Å². The smallest absolute Gasteiger partial charge is 0.155 e. The maximum atomic E-state index is 4.52. The molecule has 0 bridgehead atoms. The minimum absolute atomic E-state index is 0.939.